The van der Waals surface area contributed by atoms with E-state index < -0.39 is 6.17 Å². The molecule has 0 heterocycles. The zero-order chi connectivity index (χ0) is 16.7. The molecule has 0 saturated carbocycles. The number of hydrogen-bond acceptors (Lipinski definition) is 4. The van der Waals surface area contributed by atoms with Crippen molar-refractivity contribution in [2.45, 2.75) is 66.5 Å². The minimum absolute atomic E-state index is 0.815. The van der Waals surface area contributed by atoms with Crippen LogP contribution in [0.1, 0.15) is 67.2 Å². The first kappa shape index (κ1) is 18.0. The van der Waals surface area contributed by atoms with Gasteiger partial charge in [0, 0.05) is 5.56 Å². The monoisotopic (exact) mass is 300 g/mol. The van der Waals surface area contributed by atoms with Crippen molar-refractivity contribution in [3.05, 3.63) is 33.4 Å². The van der Waals surface area contributed by atoms with Gasteiger partial charge in [-0.2, -0.15) is 9.98 Å². The summed E-state index contributed by atoms with van der Waals surface area (Å²) in [6.45, 7) is 10.5. The van der Waals surface area contributed by atoms with Crippen LogP contribution in [0.25, 0.3) is 0 Å². The van der Waals surface area contributed by atoms with Crippen molar-refractivity contribution < 1.29 is 9.59 Å². The molecule has 0 aliphatic heterocycles. The van der Waals surface area contributed by atoms with Crippen LogP contribution in [-0.2, 0) is 35.3 Å². The molecule has 0 fully saturated rings. The summed E-state index contributed by atoms with van der Waals surface area (Å²) in [6, 6.07) is 0. The highest BCUT2D eigenvalue weighted by atomic mass is 16.1. The second kappa shape index (κ2) is 8.43. The van der Waals surface area contributed by atoms with E-state index in [4.69, 9.17) is 0 Å². The average Bonchev–Trinajstić information content (AvgIpc) is 2.53. The molecular formula is C18H24N2O2. The molecule has 4 heteroatoms. The van der Waals surface area contributed by atoms with E-state index in [1.807, 2.05) is 6.92 Å². The number of carbonyl (C=O) groups excluding carboxylic acids is 2. The molecule has 1 aromatic carbocycles. The third kappa shape index (κ3) is 3.24. The lowest BCUT2D eigenvalue weighted by Gasteiger charge is -2.24. The third-order valence-electron chi connectivity index (χ3n) is 4.30. The van der Waals surface area contributed by atoms with Crippen molar-refractivity contribution in [1.29, 1.82) is 0 Å². The molecule has 118 valence electrons. The highest BCUT2D eigenvalue weighted by Crippen LogP contribution is 2.35. The maximum atomic E-state index is 10.7. The molecular weight excluding hydrogens is 276 g/mol. The van der Waals surface area contributed by atoms with Crippen LogP contribution in [0.5, 0.6) is 0 Å². The van der Waals surface area contributed by atoms with Gasteiger partial charge in [-0.05, 0) is 60.4 Å². The Balaban J connectivity index is 3.89. The molecule has 0 amide bonds. The van der Waals surface area contributed by atoms with E-state index in [1.54, 1.807) is 0 Å². The van der Waals surface area contributed by atoms with Crippen LogP contribution < -0.4 is 0 Å². The van der Waals surface area contributed by atoms with Gasteiger partial charge in [0.25, 0.3) is 0 Å². The van der Waals surface area contributed by atoms with Crippen LogP contribution in [0.4, 0.5) is 0 Å². The third-order valence-corrected chi connectivity index (χ3v) is 4.30. The maximum Gasteiger partial charge on any atom is 0.237 e. The van der Waals surface area contributed by atoms with E-state index in [0.717, 1.165) is 42.4 Å². The van der Waals surface area contributed by atoms with Crippen LogP contribution >= 0.6 is 0 Å². The van der Waals surface area contributed by atoms with Gasteiger partial charge in [-0.15, -0.1) is 0 Å². The van der Waals surface area contributed by atoms with Gasteiger partial charge in [0.15, 0.2) is 6.17 Å². The van der Waals surface area contributed by atoms with Crippen LogP contribution in [-0.4, -0.2) is 12.2 Å². The summed E-state index contributed by atoms with van der Waals surface area (Å²) in [7, 11) is 0. The normalized spacial score (nSPS) is 11.5. The van der Waals surface area contributed by atoms with E-state index >= 15 is 0 Å². The Kier molecular flexibility index (Phi) is 6.91. The molecule has 0 N–H and O–H groups in total. The SMILES string of the molecule is CCc1c(C)c(C(N=C=O)N=C=O)c(CC)c(CC)c1CC. The molecule has 0 bridgehead atoms. The predicted molar refractivity (Wildman–Crippen MR) is 87.7 cm³/mol. The Bertz CT molecular complexity index is 619. The summed E-state index contributed by atoms with van der Waals surface area (Å²) in [5, 5.41) is 0. The summed E-state index contributed by atoms with van der Waals surface area (Å²) in [5.74, 6) is 0. The fraction of sp³-hybridized carbons (Fsp3) is 0.556. The molecule has 1 rings (SSSR count). The fourth-order valence-corrected chi connectivity index (χ4v) is 3.49. The lowest BCUT2D eigenvalue weighted by Crippen LogP contribution is -2.12. The lowest BCUT2D eigenvalue weighted by molar-refractivity contribution is 0.551. The minimum Gasteiger partial charge on any atom is -0.211 e. The molecule has 0 radical (unpaired) electrons. The molecule has 4 nitrogen and oxygen atoms in total. The summed E-state index contributed by atoms with van der Waals surface area (Å²) in [4.78, 5) is 28.9. The zero-order valence-electron chi connectivity index (χ0n) is 14.1. The molecule has 0 saturated heterocycles. The number of aliphatic imine (C=N–C) groups is 2. The zero-order valence-corrected chi connectivity index (χ0v) is 14.1. The van der Waals surface area contributed by atoms with Gasteiger partial charge < -0.3 is 0 Å². The Labute approximate surface area is 132 Å². The molecule has 1 aromatic rings. The predicted octanol–water partition coefficient (Wildman–Crippen LogP) is 3.91. The number of isocyanates is 2. The second-order valence-corrected chi connectivity index (χ2v) is 5.18. The van der Waals surface area contributed by atoms with Crippen LogP contribution in [0.15, 0.2) is 9.98 Å². The van der Waals surface area contributed by atoms with E-state index in [2.05, 4.69) is 37.7 Å². The summed E-state index contributed by atoms with van der Waals surface area (Å²) < 4.78 is 0. The maximum absolute atomic E-state index is 10.7. The quantitative estimate of drug-likeness (QED) is 0.566. The van der Waals surface area contributed by atoms with Gasteiger partial charge >= 0.3 is 0 Å². The summed E-state index contributed by atoms with van der Waals surface area (Å²) in [6.07, 6.45) is 5.85. The van der Waals surface area contributed by atoms with Crippen LogP contribution in [0, 0.1) is 6.92 Å². The Hall–Kier alpha value is -2.02. The molecule has 0 aromatic heterocycles. The Morgan fingerprint density at radius 2 is 1.18 bits per heavy atom. The van der Waals surface area contributed by atoms with Crippen molar-refractivity contribution in [2.24, 2.45) is 9.98 Å². The molecule has 0 aliphatic carbocycles. The van der Waals surface area contributed by atoms with Gasteiger partial charge in [-0.3, -0.25) is 0 Å². The minimum atomic E-state index is -0.827. The van der Waals surface area contributed by atoms with Crippen LogP contribution in [0.2, 0.25) is 0 Å². The first-order valence-electron chi connectivity index (χ1n) is 7.90. The smallest absolute Gasteiger partial charge is 0.211 e. The van der Waals surface area contributed by atoms with Gasteiger partial charge in [-0.1, -0.05) is 27.7 Å². The Morgan fingerprint density at radius 1 is 0.773 bits per heavy atom. The van der Waals surface area contributed by atoms with Gasteiger partial charge in [-0.25, -0.2) is 9.59 Å². The first-order valence-corrected chi connectivity index (χ1v) is 7.90. The van der Waals surface area contributed by atoms with E-state index in [9.17, 15) is 9.59 Å². The standard InChI is InChI=1S/C18H24N2O2/c1-6-13-12(5)17(18(19-10-21)20-11-22)16(9-4)15(8-3)14(13)7-2/h18H,6-9H2,1-5H3. The number of benzene rings is 1. The van der Waals surface area contributed by atoms with E-state index in [0.29, 0.717) is 0 Å². The van der Waals surface area contributed by atoms with E-state index in [-0.39, 0.29) is 0 Å². The highest BCUT2D eigenvalue weighted by Gasteiger charge is 2.23. The molecule has 0 spiro atoms. The first-order chi connectivity index (χ1) is 10.6. The van der Waals surface area contributed by atoms with Crippen molar-refractivity contribution >= 4 is 12.2 Å². The van der Waals surface area contributed by atoms with Gasteiger partial charge in [0.2, 0.25) is 12.2 Å². The number of rotatable bonds is 7. The summed E-state index contributed by atoms with van der Waals surface area (Å²) in [5.41, 5.74) is 7.06. The Morgan fingerprint density at radius 3 is 1.55 bits per heavy atom. The molecule has 0 aliphatic rings. The number of hydrogen-bond donors (Lipinski definition) is 0. The van der Waals surface area contributed by atoms with Gasteiger partial charge in [0.05, 0.1) is 0 Å². The average molecular weight is 300 g/mol. The van der Waals surface area contributed by atoms with Gasteiger partial charge in [0.1, 0.15) is 0 Å². The summed E-state index contributed by atoms with van der Waals surface area (Å²) >= 11 is 0. The van der Waals surface area contributed by atoms with Crippen LogP contribution in [0.3, 0.4) is 0 Å². The lowest BCUT2D eigenvalue weighted by atomic mass is 9.82. The largest absolute Gasteiger partial charge is 0.237 e. The van der Waals surface area contributed by atoms with Crippen molar-refractivity contribution in [1.82, 2.24) is 0 Å². The van der Waals surface area contributed by atoms with Crippen molar-refractivity contribution in [2.75, 3.05) is 0 Å². The fourth-order valence-electron chi connectivity index (χ4n) is 3.49. The van der Waals surface area contributed by atoms with Crippen molar-refractivity contribution in [3.63, 3.8) is 0 Å². The molecule has 0 unspecified atom stereocenters. The van der Waals surface area contributed by atoms with E-state index in [1.165, 1.54) is 28.9 Å². The van der Waals surface area contributed by atoms with Crippen molar-refractivity contribution in [3.8, 4) is 0 Å². The second-order valence-electron chi connectivity index (χ2n) is 5.18. The highest BCUT2D eigenvalue weighted by molar-refractivity contribution is 5.54. The topological polar surface area (TPSA) is 58.9 Å². The molecule has 0 atom stereocenters. The number of nitrogens with zero attached hydrogens (tertiary/aromatic N) is 2. The molecule has 22 heavy (non-hydrogen) atoms.